The zero-order valence-electron chi connectivity index (χ0n) is 14.3. The molecule has 0 aromatic rings. The predicted molar refractivity (Wildman–Crippen MR) is 92.7 cm³/mol. The Labute approximate surface area is 137 Å². The molecule has 0 amide bonds. The third kappa shape index (κ3) is 17.9. The molecule has 0 saturated carbocycles. The van der Waals surface area contributed by atoms with Crippen LogP contribution >= 0.6 is 0 Å². The van der Waals surface area contributed by atoms with Crippen LogP contribution in [-0.2, 0) is 10.1 Å². The third-order valence-corrected chi connectivity index (χ3v) is 4.89. The van der Waals surface area contributed by atoms with E-state index in [1.54, 1.807) is 0 Å². The van der Waals surface area contributed by atoms with Gasteiger partial charge in [-0.2, -0.15) is 8.42 Å². The molecule has 0 bridgehead atoms. The first-order chi connectivity index (χ1) is 10.5. The van der Waals surface area contributed by atoms with Crippen molar-refractivity contribution in [1.29, 1.82) is 0 Å². The van der Waals surface area contributed by atoms with Crippen molar-refractivity contribution in [3.8, 4) is 0 Å². The molecule has 4 nitrogen and oxygen atoms in total. The number of hydrogen-bond donors (Lipinski definition) is 2. The van der Waals surface area contributed by atoms with Gasteiger partial charge in [0.2, 0.25) is 0 Å². The predicted octanol–water partition coefficient (Wildman–Crippen LogP) is 4.72. The standard InChI is InChI=1S/C17H36O4S/c1-2-3-4-11-14-17(18)15-12-9-7-5-6-8-10-13-16-22(19,20)21/h17-18H,2-16H2,1H3,(H,19,20,21). The van der Waals surface area contributed by atoms with E-state index in [2.05, 4.69) is 6.92 Å². The maximum atomic E-state index is 10.5. The second-order valence-electron chi connectivity index (χ2n) is 6.41. The summed E-state index contributed by atoms with van der Waals surface area (Å²) in [5.74, 6) is -0.108. The molecule has 0 aliphatic rings. The minimum absolute atomic E-state index is 0.108. The lowest BCUT2D eigenvalue weighted by molar-refractivity contribution is 0.147. The van der Waals surface area contributed by atoms with Crippen LogP contribution in [0.1, 0.15) is 96.8 Å². The zero-order valence-corrected chi connectivity index (χ0v) is 15.1. The van der Waals surface area contributed by atoms with Gasteiger partial charge in [-0.3, -0.25) is 4.55 Å². The number of rotatable bonds is 16. The number of hydrogen-bond acceptors (Lipinski definition) is 3. The summed E-state index contributed by atoms with van der Waals surface area (Å²) in [5, 5.41) is 9.84. The van der Waals surface area contributed by atoms with Crippen molar-refractivity contribution in [1.82, 2.24) is 0 Å². The maximum absolute atomic E-state index is 10.5. The highest BCUT2D eigenvalue weighted by atomic mass is 32.2. The Morgan fingerprint density at radius 2 is 1.14 bits per heavy atom. The highest BCUT2D eigenvalue weighted by molar-refractivity contribution is 7.85. The van der Waals surface area contributed by atoms with Gasteiger partial charge < -0.3 is 5.11 Å². The summed E-state index contributed by atoms with van der Waals surface area (Å²) in [6.45, 7) is 2.20. The quantitative estimate of drug-likeness (QED) is 0.316. The van der Waals surface area contributed by atoms with E-state index < -0.39 is 10.1 Å². The molecule has 2 N–H and O–H groups in total. The lowest BCUT2D eigenvalue weighted by Crippen LogP contribution is -2.05. The van der Waals surface area contributed by atoms with Crippen molar-refractivity contribution in [3.05, 3.63) is 0 Å². The van der Waals surface area contributed by atoms with Crippen LogP contribution in [0.5, 0.6) is 0 Å². The molecule has 0 aliphatic heterocycles. The van der Waals surface area contributed by atoms with E-state index in [9.17, 15) is 13.5 Å². The largest absolute Gasteiger partial charge is 0.393 e. The molecule has 0 rings (SSSR count). The van der Waals surface area contributed by atoms with Crippen LogP contribution in [0.3, 0.4) is 0 Å². The molecule has 0 radical (unpaired) electrons. The van der Waals surface area contributed by atoms with E-state index in [-0.39, 0.29) is 11.9 Å². The minimum Gasteiger partial charge on any atom is -0.393 e. The molecule has 134 valence electrons. The van der Waals surface area contributed by atoms with Gasteiger partial charge in [-0.05, 0) is 19.3 Å². The lowest BCUT2D eigenvalue weighted by atomic mass is 10.0. The molecule has 1 atom stereocenters. The summed E-state index contributed by atoms with van der Waals surface area (Å²) in [4.78, 5) is 0. The van der Waals surface area contributed by atoms with Crippen LogP contribution in [0.15, 0.2) is 0 Å². The van der Waals surface area contributed by atoms with E-state index in [4.69, 9.17) is 4.55 Å². The third-order valence-electron chi connectivity index (χ3n) is 4.08. The van der Waals surface area contributed by atoms with Crippen molar-refractivity contribution in [2.45, 2.75) is 103 Å². The van der Waals surface area contributed by atoms with E-state index in [1.807, 2.05) is 0 Å². The first kappa shape index (κ1) is 21.9. The van der Waals surface area contributed by atoms with Crippen LogP contribution in [0.4, 0.5) is 0 Å². The van der Waals surface area contributed by atoms with E-state index >= 15 is 0 Å². The fourth-order valence-electron chi connectivity index (χ4n) is 2.68. The van der Waals surface area contributed by atoms with Gasteiger partial charge in [0.15, 0.2) is 0 Å². The van der Waals surface area contributed by atoms with Gasteiger partial charge in [0.05, 0.1) is 11.9 Å². The summed E-state index contributed by atoms with van der Waals surface area (Å²) in [5.41, 5.74) is 0. The zero-order chi connectivity index (χ0) is 16.7. The average Bonchev–Trinajstić information content (AvgIpc) is 2.44. The Hall–Kier alpha value is -0.130. The molecule has 1 unspecified atom stereocenters. The van der Waals surface area contributed by atoms with E-state index in [0.717, 1.165) is 44.9 Å². The van der Waals surface area contributed by atoms with Crippen molar-refractivity contribution in [2.75, 3.05) is 5.75 Å². The Bertz CT molecular complexity index is 328. The first-order valence-electron chi connectivity index (χ1n) is 9.09. The van der Waals surface area contributed by atoms with E-state index in [1.165, 1.54) is 38.5 Å². The maximum Gasteiger partial charge on any atom is 0.264 e. The number of unbranched alkanes of at least 4 members (excludes halogenated alkanes) is 10. The number of aliphatic hydroxyl groups is 1. The summed E-state index contributed by atoms with van der Waals surface area (Å²) in [6, 6.07) is 0. The first-order valence-corrected chi connectivity index (χ1v) is 10.7. The van der Waals surface area contributed by atoms with Crippen LogP contribution in [0, 0.1) is 0 Å². The Balaban J connectivity index is 3.19. The summed E-state index contributed by atoms with van der Waals surface area (Å²) in [6.07, 6.45) is 14.9. The van der Waals surface area contributed by atoms with Gasteiger partial charge in [0, 0.05) is 0 Å². The molecular formula is C17H36O4S. The molecule has 0 aliphatic carbocycles. The lowest BCUT2D eigenvalue weighted by Gasteiger charge is -2.10. The van der Waals surface area contributed by atoms with Crippen LogP contribution in [-0.4, -0.2) is 29.9 Å². The van der Waals surface area contributed by atoms with Crippen molar-refractivity contribution in [3.63, 3.8) is 0 Å². The van der Waals surface area contributed by atoms with Gasteiger partial charge in [0.1, 0.15) is 0 Å². The summed E-state index contributed by atoms with van der Waals surface area (Å²) >= 11 is 0. The Morgan fingerprint density at radius 3 is 1.59 bits per heavy atom. The summed E-state index contributed by atoms with van der Waals surface area (Å²) < 4.78 is 29.6. The molecular weight excluding hydrogens is 300 g/mol. The number of aliphatic hydroxyl groups excluding tert-OH is 1. The second kappa shape index (κ2) is 14.5. The topological polar surface area (TPSA) is 74.6 Å². The Kier molecular flexibility index (Phi) is 14.4. The van der Waals surface area contributed by atoms with Crippen LogP contribution in [0.2, 0.25) is 0 Å². The second-order valence-corrected chi connectivity index (χ2v) is 7.98. The van der Waals surface area contributed by atoms with Crippen LogP contribution < -0.4 is 0 Å². The van der Waals surface area contributed by atoms with Gasteiger partial charge in [-0.25, -0.2) is 0 Å². The molecule has 0 aromatic carbocycles. The van der Waals surface area contributed by atoms with Crippen molar-refractivity contribution in [2.24, 2.45) is 0 Å². The highest BCUT2D eigenvalue weighted by Gasteiger charge is 2.04. The highest BCUT2D eigenvalue weighted by Crippen LogP contribution is 2.14. The van der Waals surface area contributed by atoms with Gasteiger partial charge in [-0.1, -0.05) is 77.6 Å². The van der Waals surface area contributed by atoms with Crippen molar-refractivity contribution >= 4 is 10.1 Å². The monoisotopic (exact) mass is 336 g/mol. The fraction of sp³-hybridized carbons (Fsp3) is 1.00. The van der Waals surface area contributed by atoms with Gasteiger partial charge in [-0.15, -0.1) is 0 Å². The molecule has 22 heavy (non-hydrogen) atoms. The van der Waals surface area contributed by atoms with Crippen molar-refractivity contribution < 1.29 is 18.1 Å². The summed E-state index contributed by atoms with van der Waals surface area (Å²) in [7, 11) is -3.77. The molecule has 0 aromatic heterocycles. The SMILES string of the molecule is CCCCCCC(O)CCCCCCCCCCS(=O)(=O)O. The van der Waals surface area contributed by atoms with Gasteiger partial charge in [0.25, 0.3) is 10.1 Å². The molecule has 0 fully saturated rings. The van der Waals surface area contributed by atoms with E-state index in [0.29, 0.717) is 6.42 Å². The Morgan fingerprint density at radius 1 is 0.727 bits per heavy atom. The minimum atomic E-state index is -3.77. The normalized spacial score (nSPS) is 13.4. The molecule has 5 heteroatoms. The van der Waals surface area contributed by atoms with Crippen LogP contribution in [0.25, 0.3) is 0 Å². The molecule has 0 spiro atoms. The average molecular weight is 337 g/mol. The molecule has 0 saturated heterocycles. The molecule has 0 heterocycles. The smallest absolute Gasteiger partial charge is 0.264 e. The van der Waals surface area contributed by atoms with Gasteiger partial charge >= 0.3 is 0 Å². The fourth-order valence-corrected chi connectivity index (χ4v) is 3.25.